The van der Waals surface area contributed by atoms with Gasteiger partial charge in [0.1, 0.15) is 11.5 Å². The van der Waals surface area contributed by atoms with Gasteiger partial charge in [-0.3, -0.25) is 4.79 Å². The zero-order chi connectivity index (χ0) is 17.6. The number of amides is 1. The molecule has 3 aromatic carbocycles. The summed E-state index contributed by atoms with van der Waals surface area (Å²) in [6, 6.07) is 18.3. The molecule has 0 saturated heterocycles. The number of hydrazone groups is 1. The van der Waals surface area contributed by atoms with Crippen LogP contribution in [0.25, 0.3) is 10.8 Å². The topological polar surface area (TPSA) is 70.9 Å². The van der Waals surface area contributed by atoms with Crippen molar-refractivity contribution < 1.29 is 14.6 Å². The third kappa shape index (κ3) is 4.16. The maximum absolute atomic E-state index is 11.8. The van der Waals surface area contributed by atoms with Crippen molar-refractivity contribution in [2.75, 3.05) is 6.61 Å². The molecule has 0 unspecified atom stereocenters. The lowest BCUT2D eigenvalue weighted by Crippen LogP contribution is -2.24. The van der Waals surface area contributed by atoms with Crippen molar-refractivity contribution in [3.05, 3.63) is 70.7 Å². The Kier molecular flexibility index (Phi) is 5.30. The monoisotopic (exact) mass is 398 g/mol. The van der Waals surface area contributed by atoms with Crippen molar-refractivity contribution in [3.8, 4) is 11.5 Å². The van der Waals surface area contributed by atoms with Gasteiger partial charge < -0.3 is 9.84 Å². The lowest BCUT2D eigenvalue weighted by molar-refractivity contribution is -0.123. The Labute approximate surface area is 153 Å². The van der Waals surface area contributed by atoms with E-state index in [1.165, 1.54) is 6.21 Å². The maximum atomic E-state index is 11.8. The Morgan fingerprint density at radius 2 is 1.88 bits per heavy atom. The van der Waals surface area contributed by atoms with E-state index in [4.69, 9.17) is 4.74 Å². The van der Waals surface area contributed by atoms with E-state index in [0.717, 1.165) is 15.2 Å². The van der Waals surface area contributed by atoms with Crippen LogP contribution < -0.4 is 10.2 Å². The second-order valence-electron chi connectivity index (χ2n) is 5.24. The molecule has 0 aromatic heterocycles. The molecule has 1 amide bonds. The number of ether oxygens (including phenoxy) is 1. The van der Waals surface area contributed by atoms with E-state index in [9.17, 15) is 9.90 Å². The number of hydrogen-bond acceptors (Lipinski definition) is 4. The number of halogens is 1. The number of rotatable bonds is 5. The summed E-state index contributed by atoms with van der Waals surface area (Å²) in [5, 5.41) is 15.5. The highest BCUT2D eigenvalue weighted by atomic mass is 79.9. The van der Waals surface area contributed by atoms with Crippen LogP contribution >= 0.6 is 15.9 Å². The summed E-state index contributed by atoms with van der Waals surface area (Å²) in [5.74, 6) is 0.280. The minimum atomic E-state index is -0.397. The molecule has 0 bridgehead atoms. The fourth-order valence-electron chi connectivity index (χ4n) is 2.27. The van der Waals surface area contributed by atoms with Crippen LogP contribution in [0, 0.1) is 0 Å². The smallest absolute Gasteiger partial charge is 0.277 e. The Balaban J connectivity index is 1.59. The van der Waals surface area contributed by atoms with Gasteiger partial charge in [0.05, 0.1) is 10.7 Å². The summed E-state index contributed by atoms with van der Waals surface area (Å²) >= 11 is 3.51. The Bertz CT molecular complexity index is 941. The number of carbonyl (C=O) groups is 1. The van der Waals surface area contributed by atoms with E-state index in [1.807, 2.05) is 36.4 Å². The van der Waals surface area contributed by atoms with E-state index < -0.39 is 5.91 Å². The van der Waals surface area contributed by atoms with Crippen molar-refractivity contribution in [1.82, 2.24) is 5.43 Å². The van der Waals surface area contributed by atoms with E-state index in [2.05, 4.69) is 26.5 Å². The molecule has 0 heterocycles. The van der Waals surface area contributed by atoms with Crippen molar-refractivity contribution in [2.45, 2.75) is 0 Å². The molecule has 0 radical (unpaired) electrons. The number of para-hydroxylation sites is 1. The molecule has 5 nitrogen and oxygen atoms in total. The van der Waals surface area contributed by atoms with Crippen molar-refractivity contribution in [3.63, 3.8) is 0 Å². The van der Waals surface area contributed by atoms with E-state index in [1.54, 1.807) is 24.3 Å². The van der Waals surface area contributed by atoms with Crippen LogP contribution in [0.5, 0.6) is 11.5 Å². The molecule has 0 fully saturated rings. The summed E-state index contributed by atoms with van der Waals surface area (Å²) in [6.07, 6.45) is 1.37. The summed E-state index contributed by atoms with van der Waals surface area (Å²) in [6.45, 7) is -0.172. The molecule has 0 aliphatic carbocycles. The first-order valence-electron chi connectivity index (χ1n) is 7.55. The number of phenols is 1. The van der Waals surface area contributed by atoms with Gasteiger partial charge in [-0.15, -0.1) is 0 Å². The first-order valence-corrected chi connectivity index (χ1v) is 8.34. The number of phenolic OH excluding ortho intramolecular Hbond substituents is 1. The first kappa shape index (κ1) is 17.0. The number of nitrogens with zero attached hydrogens (tertiary/aromatic N) is 1. The summed E-state index contributed by atoms with van der Waals surface area (Å²) in [5.41, 5.74) is 2.88. The van der Waals surface area contributed by atoms with Gasteiger partial charge in [0, 0.05) is 5.56 Å². The molecule has 3 rings (SSSR count). The molecule has 3 aromatic rings. The van der Waals surface area contributed by atoms with Gasteiger partial charge >= 0.3 is 0 Å². The van der Waals surface area contributed by atoms with E-state index >= 15 is 0 Å². The minimum Gasteiger partial charge on any atom is -0.507 e. The molecule has 0 aliphatic rings. The van der Waals surface area contributed by atoms with Crippen LogP contribution in [0.4, 0.5) is 0 Å². The fourth-order valence-corrected chi connectivity index (χ4v) is 2.88. The minimum absolute atomic E-state index is 0.0943. The molecule has 0 spiro atoms. The van der Waals surface area contributed by atoms with Crippen LogP contribution in [-0.4, -0.2) is 23.8 Å². The summed E-state index contributed by atoms with van der Waals surface area (Å²) in [7, 11) is 0. The number of nitrogens with one attached hydrogen (secondary N) is 1. The molecular formula is C19H15BrN2O3. The average Bonchev–Trinajstić information content (AvgIpc) is 2.63. The quantitative estimate of drug-likeness (QED) is 0.506. The fraction of sp³-hybridized carbons (Fsp3) is 0.0526. The van der Waals surface area contributed by atoms with E-state index in [-0.39, 0.29) is 12.4 Å². The maximum Gasteiger partial charge on any atom is 0.277 e. The highest BCUT2D eigenvalue weighted by Gasteiger charge is 2.08. The van der Waals surface area contributed by atoms with Crippen LogP contribution in [0.15, 0.2) is 70.2 Å². The van der Waals surface area contributed by atoms with Crippen LogP contribution in [0.3, 0.4) is 0 Å². The number of carbonyl (C=O) groups excluding carboxylic acids is 1. The third-order valence-electron chi connectivity index (χ3n) is 3.52. The number of aromatic hydroxyl groups is 1. The Morgan fingerprint density at radius 3 is 2.72 bits per heavy atom. The third-order valence-corrected chi connectivity index (χ3v) is 4.33. The zero-order valence-corrected chi connectivity index (χ0v) is 14.7. The normalized spacial score (nSPS) is 10.9. The Morgan fingerprint density at radius 1 is 1.12 bits per heavy atom. The van der Waals surface area contributed by atoms with Crippen molar-refractivity contribution >= 4 is 38.8 Å². The largest absolute Gasteiger partial charge is 0.507 e. The summed E-state index contributed by atoms with van der Waals surface area (Å²) in [4.78, 5) is 11.8. The van der Waals surface area contributed by atoms with Gasteiger partial charge in [-0.1, -0.05) is 42.5 Å². The van der Waals surface area contributed by atoms with Crippen LogP contribution in [0.2, 0.25) is 0 Å². The molecule has 2 N–H and O–H groups in total. The van der Waals surface area contributed by atoms with E-state index in [0.29, 0.717) is 11.3 Å². The molecule has 0 atom stereocenters. The second kappa shape index (κ2) is 7.81. The molecule has 6 heteroatoms. The first-order chi connectivity index (χ1) is 12.1. The average molecular weight is 399 g/mol. The van der Waals surface area contributed by atoms with Gasteiger partial charge in [-0.25, -0.2) is 5.43 Å². The second-order valence-corrected chi connectivity index (χ2v) is 6.03. The van der Waals surface area contributed by atoms with Gasteiger partial charge in [0.15, 0.2) is 6.61 Å². The zero-order valence-electron chi connectivity index (χ0n) is 13.1. The van der Waals surface area contributed by atoms with Crippen molar-refractivity contribution in [1.29, 1.82) is 0 Å². The SMILES string of the molecule is O=C(COc1ccc2ccccc2c1Br)NN=Cc1ccccc1O. The number of benzene rings is 3. The molecular weight excluding hydrogens is 384 g/mol. The number of hydrogen-bond donors (Lipinski definition) is 2. The van der Waals surface area contributed by atoms with Crippen molar-refractivity contribution in [2.24, 2.45) is 5.10 Å². The van der Waals surface area contributed by atoms with Gasteiger partial charge in [0.25, 0.3) is 5.91 Å². The lowest BCUT2D eigenvalue weighted by Gasteiger charge is -2.09. The lowest BCUT2D eigenvalue weighted by atomic mass is 10.1. The predicted octanol–water partition coefficient (Wildman–Crippen LogP) is 3.84. The highest BCUT2D eigenvalue weighted by Crippen LogP contribution is 2.32. The van der Waals surface area contributed by atoms with Gasteiger partial charge in [-0.05, 0) is 44.9 Å². The van der Waals surface area contributed by atoms with Gasteiger partial charge in [-0.2, -0.15) is 5.10 Å². The Hall–Kier alpha value is -2.86. The summed E-state index contributed by atoms with van der Waals surface area (Å²) < 4.78 is 6.35. The molecule has 0 saturated carbocycles. The molecule has 25 heavy (non-hydrogen) atoms. The van der Waals surface area contributed by atoms with Crippen LogP contribution in [0.1, 0.15) is 5.56 Å². The predicted molar refractivity (Wildman–Crippen MR) is 101 cm³/mol. The standard InChI is InChI=1S/C19H15BrN2O3/c20-19-15-7-3-1-5-13(15)9-10-17(19)25-12-18(24)22-21-11-14-6-2-4-8-16(14)23/h1-11,23H,12H2,(H,22,24). The highest BCUT2D eigenvalue weighted by molar-refractivity contribution is 9.10. The van der Waals surface area contributed by atoms with Crippen LogP contribution in [-0.2, 0) is 4.79 Å². The number of fused-ring (bicyclic) bond motifs is 1. The molecule has 0 aliphatic heterocycles. The molecule has 126 valence electrons. The van der Waals surface area contributed by atoms with Gasteiger partial charge in [0.2, 0.25) is 0 Å².